The van der Waals surface area contributed by atoms with Gasteiger partial charge in [-0.25, -0.2) is 4.79 Å². The van der Waals surface area contributed by atoms with Crippen LogP contribution in [0.15, 0.2) is 40.7 Å². The third-order valence-corrected chi connectivity index (χ3v) is 2.61. The van der Waals surface area contributed by atoms with Crippen molar-refractivity contribution in [2.45, 2.75) is 0 Å². The normalized spacial score (nSPS) is 20.5. The number of Topliss-reactive ketones (excluding diaryl/α,β-unsaturated/α-hetero) is 1. The van der Waals surface area contributed by atoms with E-state index in [1.165, 1.54) is 24.4 Å². The maximum atomic E-state index is 11.7. The molecule has 0 N–H and O–H groups in total. The lowest BCUT2D eigenvalue weighted by Gasteiger charge is -2.12. The third kappa shape index (κ3) is 1.86. The Morgan fingerprint density at radius 1 is 1.44 bits per heavy atom. The standard InChI is InChI=1S/C11H8N2O5/c1-18-11(15)10(14)8-5-12-9-3-2-6(13(16)17)4-7(8)9/h2-5,7H,1H3/t7-/m0/s1. The van der Waals surface area contributed by atoms with Crippen LogP contribution in [0.4, 0.5) is 0 Å². The van der Waals surface area contributed by atoms with E-state index in [4.69, 9.17) is 0 Å². The first kappa shape index (κ1) is 11.9. The smallest absolute Gasteiger partial charge is 0.379 e. The van der Waals surface area contributed by atoms with Crippen molar-refractivity contribution in [2.75, 3.05) is 7.11 Å². The van der Waals surface area contributed by atoms with Crippen molar-refractivity contribution in [2.24, 2.45) is 10.9 Å². The number of methoxy groups -OCH3 is 1. The van der Waals surface area contributed by atoms with Crippen LogP contribution in [0.25, 0.3) is 0 Å². The molecular formula is C11H8N2O5. The molecule has 7 nitrogen and oxygen atoms in total. The first-order valence-electron chi connectivity index (χ1n) is 4.99. The third-order valence-electron chi connectivity index (χ3n) is 2.61. The Balaban J connectivity index is 2.30. The highest BCUT2D eigenvalue weighted by Gasteiger charge is 2.34. The summed E-state index contributed by atoms with van der Waals surface area (Å²) in [5.41, 5.74) is 0.442. The van der Waals surface area contributed by atoms with Gasteiger partial charge in [0.1, 0.15) is 0 Å². The Bertz CT molecular complexity index is 568. The predicted molar refractivity (Wildman–Crippen MR) is 60.2 cm³/mol. The lowest BCUT2D eigenvalue weighted by atomic mass is 9.89. The molecule has 18 heavy (non-hydrogen) atoms. The first-order valence-corrected chi connectivity index (χ1v) is 4.99. The van der Waals surface area contributed by atoms with Gasteiger partial charge < -0.3 is 4.74 Å². The van der Waals surface area contributed by atoms with Crippen LogP contribution in [0.1, 0.15) is 0 Å². The number of allylic oxidation sites excluding steroid dienone is 3. The van der Waals surface area contributed by atoms with Crippen LogP contribution in [-0.4, -0.2) is 29.5 Å². The van der Waals surface area contributed by atoms with Crippen LogP contribution >= 0.6 is 0 Å². The molecule has 0 fully saturated rings. The molecule has 0 saturated heterocycles. The summed E-state index contributed by atoms with van der Waals surface area (Å²) < 4.78 is 4.33. The average molecular weight is 248 g/mol. The van der Waals surface area contributed by atoms with E-state index in [0.29, 0.717) is 5.71 Å². The van der Waals surface area contributed by atoms with E-state index in [0.717, 1.165) is 7.11 Å². The molecule has 0 saturated carbocycles. The molecule has 0 aromatic rings. The molecule has 0 spiro atoms. The first-order chi connectivity index (χ1) is 8.54. The zero-order valence-corrected chi connectivity index (χ0v) is 9.32. The van der Waals surface area contributed by atoms with E-state index in [1.807, 2.05) is 0 Å². The minimum atomic E-state index is -1.01. The summed E-state index contributed by atoms with van der Waals surface area (Å²) in [6, 6.07) is 0. The van der Waals surface area contributed by atoms with Crippen LogP contribution in [0, 0.1) is 16.0 Å². The molecule has 0 aromatic carbocycles. The fourth-order valence-electron chi connectivity index (χ4n) is 1.72. The fraction of sp³-hybridized carbons (Fsp3) is 0.182. The van der Waals surface area contributed by atoms with Crippen LogP contribution in [-0.2, 0) is 14.3 Å². The number of ether oxygens (including phenoxy) is 1. The number of carbonyl (C=O) groups is 2. The number of carbonyl (C=O) groups excluding carboxylic acids is 2. The van der Waals surface area contributed by atoms with Gasteiger partial charge in [0, 0.05) is 23.9 Å². The maximum absolute atomic E-state index is 11.7. The minimum absolute atomic E-state index is 0.0838. The van der Waals surface area contributed by atoms with Crippen molar-refractivity contribution in [3.8, 4) is 0 Å². The van der Waals surface area contributed by atoms with Gasteiger partial charge in [0.2, 0.25) is 0 Å². The Labute approximate surface area is 101 Å². The lowest BCUT2D eigenvalue weighted by Crippen LogP contribution is -2.25. The molecule has 2 rings (SSSR count). The molecule has 0 amide bonds. The Hall–Kier alpha value is -2.57. The van der Waals surface area contributed by atoms with E-state index in [2.05, 4.69) is 9.73 Å². The van der Waals surface area contributed by atoms with Gasteiger partial charge in [0.15, 0.2) is 0 Å². The number of ketones is 1. The number of fused-ring (bicyclic) bond motifs is 1. The van der Waals surface area contributed by atoms with Gasteiger partial charge in [-0.1, -0.05) is 0 Å². The van der Waals surface area contributed by atoms with Gasteiger partial charge in [-0.3, -0.25) is 19.9 Å². The maximum Gasteiger partial charge on any atom is 0.379 e. The van der Waals surface area contributed by atoms with Crippen LogP contribution in [0.3, 0.4) is 0 Å². The Morgan fingerprint density at radius 2 is 2.17 bits per heavy atom. The largest absolute Gasteiger partial charge is 0.463 e. The molecule has 1 atom stereocenters. The summed E-state index contributed by atoms with van der Waals surface area (Å²) in [6.45, 7) is 0. The highest BCUT2D eigenvalue weighted by molar-refractivity contribution is 6.42. The Kier molecular flexibility index (Phi) is 2.88. The van der Waals surface area contributed by atoms with E-state index in [9.17, 15) is 19.7 Å². The molecule has 1 aliphatic heterocycles. The number of aliphatic imine (C=N–C) groups is 1. The number of nitro groups is 1. The number of nitrogens with zero attached hydrogens (tertiary/aromatic N) is 2. The van der Waals surface area contributed by atoms with Crippen molar-refractivity contribution in [3.63, 3.8) is 0 Å². The van der Waals surface area contributed by atoms with Gasteiger partial charge in [-0.2, -0.15) is 0 Å². The van der Waals surface area contributed by atoms with E-state index >= 15 is 0 Å². The minimum Gasteiger partial charge on any atom is -0.463 e. The second kappa shape index (κ2) is 4.36. The summed E-state index contributed by atoms with van der Waals surface area (Å²) in [4.78, 5) is 36.9. The van der Waals surface area contributed by atoms with Gasteiger partial charge in [-0.05, 0) is 6.08 Å². The van der Waals surface area contributed by atoms with Crippen LogP contribution in [0.2, 0.25) is 0 Å². The van der Waals surface area contributed by atoms with Gasteiger partial charge >= 0.3 is 5.97 Å². The van der Waals surface area contributed by atoms with Crippen molar-refractivity contribution < 1.29 is 19.2 Å². The number of rotatable bonds is 3. The monoisotopic (exact) mass is 248 g/mol. The van der Waals surface area contributed by atoms with Crippen molar-refractivity contribution in [3.05, 3.63) is 45.8 Å². The topological polar surface area (TPSA) is 98.9 Å². The van der Waals surface area contributed by atoms with Crippen LogP contribution in [0.5, 0.6) is 0 Å². The van der Waals surface area contributed by atoms with Gasteiger partial charge in [0.05, 0.1) is 23.7 Å². The molecule has 1 heterocycles. The van der Waals surface area contributed by atoms with Crippen molar-refractivity contribution >= 4 is 17.5 Å². The van der Waals surface area contributed by atoms with Crippen molar-refractivity contribution in [1.82, 2.24) is 0 Å². The molecule has 1 aliphatic carbocycles. The molecule has 7 heteroatoms. The van der Waals surface area contributed by atoms with Crippen LogP contribution < -0.4 is 0 Å². The molecule has 92 valence electrons. The summed E-state index contributed by atoms with van der Waals surface area (Å²) >= 11 is 0. The summed E-state index contributed by atoms with van der Waals surface area (Å²) in [5.74, 6) is -2.50. The van der Waals surface area contributed by atoms with E-state index < -0.39 is 22.6 Å². The van der Waals surface area contributed by atoms with E-state index in [1.54, 1.807) is 0 Å². The predicted octanol–water partition coefficient (Wildman–Crippen LogP) is 0.414. The highest BCUT2D eigenvalue weighted by Crippen LogP contribution is 2.28. The highest BCUT2D eigenvalue weighted by atomic mass is 16.6. The average Bonchev–Trinajstić information content (AvgIpc) is 2.79. The molecule has 0 bridgehead atoms. The number of esters is 1. The molecular weight excluding hydrogens is 240 g/mol. The zero-order chi connectivity index (χ0) is 13.3. The number of hydrogen-bond donors (Lipinski definition) is 0. The lowest BCUT2D eigenvalue weighted by molar-refractivity contribution is -0.419. The second-order valence-electron chi connectivity index (χ2n) is 3.62. The summed E-state index contributed by atoms with van der Waals surface area (Å²) in [7, 11) is 1.09. The fourth-order valence-corrected chi connectivity index (χ4v) is 1.72. The van der Waals surface area contributed by atoms with Crippen molar-refractivity contribution in [1.29, 1.82) is 0 Å². The SMILES string of the molecule is COC(=O)C(=O)C1=CN=C2C=CC([N+](=O)[O-])=C[C@@H]12. The Morgan fingerprint density at radius 3 is 2.78 bits per heavy atom. The quantitative estimate of drug-likeness (QED) is 0.312. The number of hydrogen-bond acceptors (Lipinski definition) is 6. The van der Waals surface area contributed by atoms with Gasteiger partial charge in [-0.15, -0.1) is 0 Å². The van der Waals surface area contributed by atoms with Gasteiger partial charge in [0.25, 0.3) is 11.5 Å². The molecule has 2 aliphatic rings. The molecule has 0 aromatic heterocycles. The zero-order valence-electron chi connectivity index (χ0n) is 9.32. The summed E-state index contributed by atoms with van der Waals surface area (Å²) in [6.07, 6.45) is 5.28. The molecule has 0 radical (unpaired) electrons. The van der Waals surface area contributed by atoms with E-state index in [-0.39, 0.29) is 11.3 Å². The second-order valence-corrected chi connectivity index (χ2v) is 3.62. The molecule has 0 unspecified atom stereocenters. The summed E-state index contributed by atoms with van der Waals surface area (Å²) in [5, 5.41) is 10.7.